The Kier molecular flexibility index (Phi) is 5.57. The first-order valence-electron chi connectivity index (χ1n) is 7.07. The minimum atomic E-state index is -0.236. The van der Waals surface area contributed by atoms with Crippen LogP contribution in [-0.2, 0) is 4.79 Å². The normalized spacial score (nSPS) is 18.9. The van der Waals surface area contributed by atoms with Crippen molar-refractivity contribution in [2.75, 3.05) is 19.6 Å². The van der Waals surface area contributed by atoms with Gasteiger partial charge >= 0.3 is 0 Å². The number of rotatable bonds is 5. The molecule has 1 aromatic rings. The molecular weight excluding hydrogens is 318 g/mol. The number of piperidine rings is 1. The molecule has 0 bridgehead atoms. The summed E-state index contributed by atoms with van der Waals surface area (Å²) in [4.78, 5) is 13.0. The van der Waals surface area contributed by atoms with Gasteiger partial charge in [0.1, 0.15) is 0 Å². The lowest BCUT2D eigenvalue weighted by molar-refractivity contribution is -0.119. The van der Waals surface area contributed by atoms with Crippen LogP contribution in [0.25, 0.3) is 0 Å². The minimum absolute atomic E-state index is 0.236. The van der Waals surface area contributed by atoms with E-state index in [1.807, 2.05) is 0 Å². The van der Waals surface area contributed by atoms with E-state index in [2.05, 4.69) is 57.3 Å². The first kappa shape index (κ1) is 15.5. The van der Waals surface area contributed by atoms with Gasteiger partial charge in [-0.3, -0.25) is 9.69 Å². The number of amides is 1. The van der Waals surface area contributed by atoms with Crippen molar-refractivity contribution >= 4 is 21.8 Å². The van der Waals surface area contributed by atoms with Crippen LogP contribution >= 0.6 is 15.9 Å². The highest BCUT2D eigenvalue weighted by molar-refractivity contribution is 9.10. The van der Waals surface area contributed by atoms with E-state index in [1.54, 1.807) is 0 Å². The average molecular weight is 340 g/mol. The summed E-state index contributed by atoms with van der Waals surface area (Å²) in [7, 11) is 0. The molecule has 1 heterocycles. The fourth-order valence-electron chi connectivity index (χ4n) is 2.68. The second kappa shape index (κ2) is 7.20. The smallest absolute Gasteiger partial charge is 0.231 e. The molecule has 1 amide bonds. The Hall–Kier alpha value is -0.910. The van der Waals surface area contributed by atoms with Crippen LogP contribution in [0.3, 0.4) is 0 Å². The summed E-state index contributed by atoms with van der Waals surface area (Å²) >= 11 is 3.46. The maximum Gasteiger partial charge on any atom is 0.231 e. The molecule has 1 atom stereocenters. The van der Waals surface area contributed by atoms with Gasteiger partial charge in [0.15, 0.2) is 0 Å². The Bertz CT molecular complexity index is 441. The second-order valence-corrected chi connectivity index (χ2v) is 6.37. The Balaban J connectivity index is 1.80. The molecule has 110 valence electrons. The second-order valence-electron chi connectivity index (χ2n) is 5.46. The SMILES string of the molecule is CC(NC1CCN(CC(N)=O)CC1)c1ccc(Br)cc1. The maximum absolute atomic E-state index is 10.9. The van der Waals surface area contributed by atoms with Gasteiger partial charge in [0.2, 0.25) is 5.91 Å². The third-order valence-corrected chi connectivity index (χ3v) is 4.35. The van der Waals surface area contributed by atoms with Crippen molar-refractivity contribution in [1.29, 1.82) is 0 Å². The standard InChI is InChI=1S/C15H22BrN3O/c1-11(12-2-4-13(16)5-3-12)18-14-6-8-19(9-7-14)10-15(17)20/h2-5,11,14,18H,6-10H2,1H3,(H2,17,20). The fourth-order valence-corrected chi connectivity index (χ4v) is 2.94. The van der Waals surface area contributed by atoms with Gasteiger partial charge in [-0.1, -0.05) is 28.1 Å². The number of halogens is 1. The summed E-state index contributed by atoms with van der Waals surface area (Å²) in [5.41, 5.74) is 6.53. The average Bonchev–Trinajstić information content (AvgIpc) is 2.41. The van der Waals surface area contributed by atoms with E-state index in [4.69, 9.17) is 5.73 Å². The van der Waals surface area contributed by atoms with E-state index >= 15 is 0 Å². The van der Waals surface area contributed by atoms with E-state index in [-0.39, 0.29) is 5.91 Å². The molecular formula is C15H22BrN3O. The quantitative estimate of drug-likeness (QED) is 0.863. The van der Waals surface area contributed by atoms with Crippen LogP contribution in [0.2, 0.25) is 0 Å². The van der Waals surface area contributed by atoms with Gasteiger partial charge in [-0.2, -0.15) is 0 Å². The molecule has 1 unspecified atom stereocenters. The Morgan fingerprint density at radius 3 is 2.55 bits per heavy atom. The highest BCUT2D eigenvalue weighted by atomic mass is 79.9. The molecule has 1 fully saturated rings. The molecule has 20 heavy (non-hydrogen) atoms. The molecule has 5 heteroatoms. The molecule has 0 spiro atoms. The van der Waals surface area contributed by atoms with Crippen LogP contribution in [0.4, 0.5) is 0 Å². The van der Waals surface area contributed by atoms with E-state index in [0.29, 0.717) is 18.6 Å². The number of hydrogen-bond acceptors (Lipinski definition) is 3. The van der Waals surface area contributed by atoms with Crippen molar-refractivity contribution in [3.63, 3.8) is 0 Å². The Labute approximate surface area is 128 Å². The van der Waals surface area contributed by atoms with Crippen molar-refractivity contribution in [1.82, 2.24) is 10.2 Å². The summed E-state index contributed by atoms with van der Waals surface area (Å²) < 4.78 is 1.10. The van der Waals surface area contributed by atoms with Gasteiger partial charge in [-0.15, -0.1) is 0 Å². The zero-order valence-corrected chi connectivity index (χ0v) is 13.4. The first-order valence-corrected chi connectivity index (χ1v) is 7.86. The molecule has 1 aliphatic rings. The van der Waals surface area contributed by atoms with Crippen LogP contribution < -0.4 is 11.1 Å². The minimum Gasteiger partial charge on any atom is -0.369 e. The number of carbonyl (C=O) groups excluding carboxylic acids is 1. The third-order valence-electron chi connectivity index (χ3n) is 3.82. The number of nitrogens with one attached hydrogen (secondary N) is 1. The van der Waals surface area contributed by atoms with Gasteiger partial charge in [0.05, 0.1) is 6.54 Å². The van der Waals surface area contributed by atoms with Gasteiger partial charge in [-0.05, 0) is 37.5 Å². The van der Waals surface area contributed by atoms with Crippen LogP contribution in [0.15, 0.2) is 28.7 Å². The largest absolute Gasteiger partial charge is 0.369 e. The molecule has 1 saturated heterocycles. The number of primary amides is 1. The number of hydrogen-bond donors (Lipinski definition) is 2. The van der Waals surface area contributed by atoms with Crippen molar-refractivity contribution in [2.45, 2.75) is 31.8 Å². The number of nitrogens with zero attached hydrogens (tertiary/aromatic N) is 1. The number of likely N-dealkylation sites (tertiary alicyclic amines) is 1. The molecule has 3 N–H and O–H groups in total. The zero-order valence-electron chi connectivity index (χ0n) is 11.8. The Morgan fingerprint density at radius 2 is 2.00 bits per heavy atom. The topological polar surface area (TPSA) is 58.4 Å². The zero-order chi connectivity index (χ0) is 14.5. The summed E-state index contributed by atoms with van der Waals surface area (Å²) in [5, 5.41) is 3.67. The third kappa shape index (κ3) is 4.58. The van der Waals surface area contributed by atoms with Gasteiger partial charge in [0.25, 0.3) is 0 Å². The molecule has 2 rings (SSSR count). The lowest BCUT2D eigenvalue weighted by Crippen LogP contribution is -2.45. The predicted molar refractivity (Wildman–Crippen MR) is 84.3 cm³/mol. The van der Waals surface area contributed by atoms with Crippen LogP contribution in [0, 0.1) is 0 Å². The van der Waals surface area contributed by atoms with Crippen LogP contribution in [0.5, 0.6) is 0 Å². The summed E-state index contributed by atoms with van der Waals surface area (Å²) in [6.07, 6.45) is 2.13. The fraction of sp³-hybridized carbons (Fsp3) is 0.533. The van der Waals surface area contributed by atoms with E-state index in [0.717, 1.165) is 30.4 Å². The van der Waals surface area contributed by atoms with Crippen LogP contribution in [0.1, 0.15) is 31.4 Å². The van der Waals surface area contributed by atoms with E-state index in [9.17, 15) is 4.79 Å². The molecule has 0 radical (unpaired) electrons. The Morgan fingerprint density at radius 1 is 1.40 bits per heavy atom. The highest BCUT2D eigenvalue weighted by Crippen LogP contribution is 2.19. The summed E-state index contributed by atoms with van der Waals surface area (Å²) in [6.45, 7) is 4.45. The molecule has 1 aliphatic heterocycles. The summed E-state index contributed by atoms with van der Waals surface area (Å²) in [5.74, 6) is -0.236. The molecule has 0 saturated carbocycles. The molecule has 0 aliphatic carbocycles. The van der Waals surface area contributed by atoms with Gasteiger partial charge in [0, 0.05) is 29.6 Å². The number of nitrogens with two attached hydrogens (primary N) is 1. The maximum atomic E-state index is 10.9. The molecule has 0 aromatic heterocycles. The predicted octanol–water partition coefficient (Wildman–Crippen LogP) is 2.05. The van der Waals surface area contributed by atoms with E-state index < -0.39 is 0 Å². The van der Waals surface area contributed by atoms with E-state index in [1.165, 1.54) is 5.56 Å². The van der Waals surface area contributed by atoms with Gasteiger partial charge in [-0.25, -0.2) is 0 Å². The van der Waals surface area contributed by atoms with Gasteiger partial charge < -0.3 is 11.1 Å². The molecule has 1 aromatic carbocycles. The monoisotopic (exact) mass is 339 g/mol. The lowest BCUT2D eigenvalue weighted by Gasteiger charge is -2.33. The van der Waals surface area contributed by atoms with Crippen molar-refractivity contribution in [2.24, 2.45) is 5.73 Å². The van der Waals surface area contributed by atoms with Crippen molar-refractivity contribution < 1.29 is 4.79 Å². The van der Waals surface area contributed by atoms with Crippen molar-refractivity contribution in [3.05, 3.63) is 34.3 Å². The summed E-state index contributed by atoms with van der Waals surface area (Å²) in [6, 6.07) is 9.29. The molecule has 4 nitrogen and oxygen atoms in total. The van der Waals surface area contributed by atoms with Crippen LogP contribution in [-0.4, -0.2) is 36.5 Å². The van der Waals surface area contributed by atoms with Crippen molar-refractivity contribution in [3.8, 4) is 0 Å². The first-order chi connectivity index (χ1) is 9.54. The lowest BCUT2D eigenvalue weighted by atomic mass is 10.0. The number of carbonyl (C=O) groups is 1. The number of benzene rings is 1. The highest BCUT2D eigenvalue weighted by Gasteiger charge is 2.21.